The summed E-state index contributed by atoms with van der Waals surface area (Å²) in [6.45, 7) is 0. The van der Waals surface area contributed by atoms with Crippen LogP contribution in [0.5, 0.6) is 0 Å². The van der Waals surface area contributed by atoms with Gasteiger partial charge in [-0.2, -0.15) is 0 Å². The molecule has 84 valence electrons. The zero-order valence-corrected chi connectivity index (χ0v) is 9.75. The van der Waals surface area contributed by atoms with E-state index in [2.05, 4.69) is 27.8 Å². The minimum atomic E-state index is -0.728. The van der Waals surface area contributed by atoms with Gasteiger partial charge in [0.05, 0.1) is 16.6 Å². The highest BCUT2D eigenvalue weighted by Crippen LogP contribution is 2.25. The van der Waals surface area contributed by atoms with Crippen LogP contribution in [0.1, 0.15) is 12.0 Å². The monoisotopic (exact) mass is 286 g/mol. The molecule has 0 bridgehead atoms. The van der Waals surface area contributed by atoms with Crippen LogP contribution in [0.25, 0.3) is 0 Å². The summed E-state index contributed by atoms with van der Waals surface area (Å²) in [5, 5.41) is 11.2. The predicted molar refractivity (Wildman–Crippen MR) is 62.8 cm³/mol. The van der Waals surface area contributed by atoms with E-state index in [1.54, 1.807) is 0 Å². The fourth-order valence-electron chi connectivity index (χ4n) is 1.06. The average molecular weight is 287 g/mol. The lowest BCUT2D eigenvalue weighted by Gasteiger charge is -2.00. The van der Waals surface area contributed by atoms with Crippen molar-refractivity contribution in [1.29, 1.82) is 0 Å². The number of rotatable bonds is 2. The van der Waals surface area contributed by atoms with Gasteiger partial charge in [-0.3, -0.25) is 10.1 Å². The van der Waals surface area contributed by atoms with Gasteiger partial charge in [0.15, 0.2) is 0 Å². The van der Waals surface area contributed by atoms with Gasteiger partial charge >= 0.3 is 0 Å². The topological polar surface area (TPSA) is 69.2 Å². The molecule has 0 amide bonds. The number of halogens is 2. The van der Waals surface area contributed by atoms with E-state index < -0.39 is 16.4 Å². The Morgan fingerprint density at radius 2 is 2.25 bits per heavy atom. The molecule has 0 aromatic heterocycles. The molecule has 1 aromatic carbocycles. The second kappa shape index (κ2) is 5.47. The first kappa shape index (κ1) is 12.5. The molecular weight excluding hydrogens is 279 g/mol. The van der Waals surface area contributed by atoms with E-state index in [0.717, 1.165) is 12.1 Å². The Bertz CT molecular complexity index is 480. The van der Waals surface area contributed by atoms with Gasteiger partial charge in [-0.15, -0.1) is 0 Å². The Hall–Kier alpha value is -1.61. The summed E-state index contributed by atoms with van der Waals surface area (Å²) < 4.78 is 13.0. The number of nitro groups is 1. The highest BCUT2D eigenvalue weighted by atomic mass is 79.9. The minimum Gasteiger partial charge on any atom is -0.392 e. The van der Waals surface area contributed by atoms with Crippen LogP contribution in [0.2, 0.25) is 0 Å². The molecule has 0 aliphatic rings. The molecule has 0 saturated heterocycles. The summed E-state index contributed by atoms with van der Waals surface area (Å²) in [5.41, 5.74) is 5.10. The van der Waals surface area contributed by atoms with Crippen molar-refractivity contribution in [3.8, 4) is 11.8 Å². The number of nitrogen functional groups attached to an aromatic ring is 1. The lowest BCUT2D eigenvalue weighted by atomic mass is 10.1. The van der Waals surface area contributed by atoms with Crippen LogP contribution >= 0.6 is 15.9 Å². The van der Waals surface area contributed by atoms with Crippen LogP contribution in [-0.4, -0.2) is 10.3 Å². The van der Waals surface area contributed by atoms with Crippen molar-refractivity contribution in [2.24, 2.45) is 0 Å². The molecule has 0 fully saturated rings. The van der Waals surface area contributed by atoms with Gasteiger partial charge in [0.2, 0.25) is 0 Å². The number of benzene rings is 1. The summed E-state index contributed by atoms with van der Waals surface area (Å²) in [6, 6.07) is 1.87. The van der Waals surface area contributed by atoms with Crippen LogP contribution in [0, 0.1) is 27.8 Å². The van der Waals surface area contributed by atoms with E-state index in [1.807, 2.05) is 0 Å². The van der Waals surface area contributed by atoms with Gasteiger partial charge in [0.1, 0.15) is 11.5 Å². The van der Waals surface area contributed by atoms with E-state index in [-0.39, 0.29) is 11.3 Å². The van der Waals surface area contributed by atoms with Gasteiger partial charge in [0.25, 0.3) is 5.69 Å². The molecule has 0 saturated carbocycles. The van der Waals surface area contributed by atoms with Crippen LogP contribution in [0.3, 0.4) is 0 Å². The number of hydrogen-bond acceptors (Lipinski definition) is 3. The minimum absolute atomic E-state index is 0.103. The summed E-state index contributed by atoms with van der Waals surface area (Å²) in [5.74, 6) is 4.60. The molecule has 2 N–H and O–H groups in total. The van der Waals surface area contributed by atoms with Crippen molar-refractivity contribution in [2.75, 3.05) is 11.1 Å². The van der Waals surface area contributed by atoms with Crippen molar-refractivity contribution in [2.45, 2.75) is 6.42 Å². The van der Waals surface area contributed by atoms with Crippen molar-refractivity contribution >= 4 is 27.3 Å². The Labute approximate surface area is 99.9 Å². The maximum atomic E-state index is 13.0. The molecular formula is C10H8BrFN2O2. The molecule has 0 heterocycles. The molecule has 6 heteroatoms. The summed E-state index contributed by atoms with van der Waals surface area (Å²) in [7, 11) is 0. The summed E-state index contributed by atoms with van der Waals surface area (Å²) in [4.78, 5) is 9.83. The smallest absolute Gasteiger partial charge is 0.296 e. The average Bonchev–Trinajstić information content (AvgIpc) is 2.22. The number of nitro benzene ring substituents is 1. The fraction of sp³-hybridized carbons (Fsp3) is 0.200. The zero-order valence-electron chi connectivity index (χ0n) is 8.17. The molecule has 1 aromatic rings. The molecule has 1 rings (SSSR count). The molecule has 4 nitrogen and oxygen atoms in total. The Morgan fingerprint density at radius 3 is 2.81 bits per heavy atom. The first-order chi connectivity index (χ1) is 7.56. The van der Waals surface area contributed by atoms with E-state index in [1.165, 1.54) is 0 Å². The van der Waals surface area contributed by atoms with E-state index in [9.17, 15) is 14.5 Å². The molecule has 16 heavy (non-hydrogen) atoms. The second-order valence-corrected chi connectivity index (χ2v) is 3.68. The van der Waals surface area contributed by atoms with E-state index in [0.29, 0.717) is 11.8 Å². The van der Waals surface area contributed by atoms with Gasteiger partial charge in [-0.05, 0) is 6.07 Å². The van der Waals surface area contributed by atoms with Crippen molar-refractivity contribution in [3.05, 3.63) is 33.6 Å². The highest BCUT2D eigenvalue weighted by Gasteiger charge is 2.16. The van der Waals surface area contributed by atoms with Gasteiger partial charge < -0.3 is 5.73 Å². The largest absolute Gasteiger partial charge is 0.392 e. The first-order valence-electron chi connectivity index (χ1n) is 4.34. The molecule has 0 aliphatic heterocycles. The van der Waals surface area contributed by atoms with E-state index >= 15 is 0 Å². The van der Waals surface area contributed by atoms with Crippen LogP contribution < -0.4 is 5.73 Å². The quantitative estimate of drug-likeness (QED) is 0.298. The molecule has 0 spiro atoms. The maximum absolute atomic E-state index is 13.0. The second-order valence-electron chi connectivity index (χ2n) is 2.88. The van der Waals surface area contributed by atoms with Crippen molar-refractivity contribution < 1.29 is 9.31 Å². The normalized spacial score (nSPS) is 9.38. The highest BCUT2D eigenvalue weighted by molar-refractivity contribution is 9.09. The van der Waals surface area contributed by atoms with Gasteiger partial charge in [0, 0.05) is 11.8 Å². The number of anilines is 1. The maximum Gasteiger partial charge on any atom is 0.296 e. The molecule has 0 radical (unpaired) electrons. The summed E-state index contributed by atoms with van der Waals surface area (Å²) >= 11 is 3.18. The lowest BCUT2D eigenvalue weighted by molar-refractivity contribution is -0.384. The number of nitrogens with zero attached hydrogens (tertiary/aromatic N) is 1. The molecule has 0 unspecified atom stereocenters. The van der Waals surface area contributed by atoms with Crippen LogP contribution in [0.4, 0.5) is 15.8 Å². The van der Waals surface area contributed by atoms with Crippen LogP contribution in [-0.2, 0) is 0 Å². The van der Waals surface area contributed by atoms with Crippen molar-refractivity contribution in [3.63, 3.8) is 0 Å². The molecule has 0 aliphatic carbocycles. The predicted octanol–water partition coefficient (Wildman–Crippen LogP) is 2.45. The standard InChI is InChI=1S/C10H8BrFN2O2/c11-4-2-1-3-7-5-8(12)6-9(10(7)13)14(15)16/h5-6H,2,4,13H2. The van der Waals surface area contributed by atoms with Gasteiger partial charge in [-0.25, -0.2) is 4.39 Å². The third kappa shape index (κ3) is 2.94. The molecule has 0 atom stereocenters. The van der Waals surface area contributed by atoms with E-state index in [4.69, 9.17) is 5.73 Å². The fourth-order valence-corrected chi connectivity index (χ4v) is 1.26. The first-order valence-corrected chi connectivity index (χ1v) is 5.46. The number of nitrogens with two attached hydrogens (primary N) is 1. The zero-order chi connectivity index (χ0) is 12.1. The number of alkyl halides is 1. The third-order valence-electron chi connectivity index (χ3n) is 1.76. The Balaban J connectivity index is 3.21. The SMILES string of the molecule is Nc1c(C#CCCBr)cc(F)cc1[N+](=O)[O-]. The van der Waals surface area contributed by atoms with Gasteiger partial charge in [-0.1, -0.05) is 27.8 Å². The lowest BCUT2D eigenvalue weighted by Crippen LogP contribution is -1.99. The Morgan fingerprint density at radius 1 is 1.56 bits per heavy atom. The third-order valence-corrected chi connectivity index (χ3v) is 2.16. The summed E-state index contributed by atoms with van der Waals surface area (Å²) in [6.07, 6.45) is 0.559. The van der Waals surface area contributed by atoms with Crippen molar-refractivity contribution in [1.82, 2.24) is 0 Å². The van der Waals surface area contributed by atoms with Crippen LogP contribution in [0.15, 0.2) is 12.1 Å². The Kier molecular flexibility index (Phi) is 4.26. The number of hydrogen-bond donors (Lipinski definition) is 1.